The zero-order chi connectivity index (χ0) is 21.3. The van der Waals surface area contributed by atoms with Crippen molar-refractivity contribution in [2.45, 2.75) is 45.1 Å². The molecule has 4 fully saturated rings. The van der Waals surface area contributed by atoms with Gasteiger partial charge in [0.15, 0.2) is 0 Å². The highest BCUT2D eigenvalue weighted by molar-refractivity contribution is 5.96. The fourth-order valence-electron chi connectivity index (χ4n) is 5.74. The zero-order valence-corrected chi connectivity index (χ0v) is 16.5. The van der Waals surface area contributed by atoms with E-state index in [4.69, 9.17) is 0 Å². The third-order valence-electron chi connectivity index (χ3n) is 6.59. The van der Waals surface area contributed by atoms with E-state index >= 15 is 0 Å². The number of carbonyl (C=O) groups excluding carboxylic acids is 3. The topological polar surface area (TPSA) is 96.5 Å². The molecule has 7 nitrogen and oxygen atoms in total. The second-order valence-electron chi connectivity index (χ2n) is 8.79. The number of hydrogen-bond donors (Lipinski definition) is 3. The van der Waals surface area contributed by atoms with E-state index in [1.54, 1.807) is 0 Å². The molecule has 4 bridgehead atoms. The highest BCUT2D eigenvalue weighted by Crippen LogP contribution is 2.60. The molecule has 1 aromatic carbocycles. The van der Waals surface area contributed by atoms with Crippen molar-refractivity contribution in [3.05, 3.63) is 29.8 Å². The smallest absolute Gasteiger partial charge is 0.387 e. The molecule has 9 heteroatoms. The molecule has 0 radical (unpaired) electrons. The molecule has 0 aliphatic heterocycles. The largest absolute Gasteiger partial charge is 0.435 e. The SMILES string of the molecule is O=C(CNC(=O)c1ccc(OC(F)F)cc1)NNC(=O)C12CC3CC(CC(C3)C1)C2. The van der Waals surface area contributed by atoms with Gasteiger partial charge in [-0.2, -0.15) is 8.78 Å². The number of carbonyl (C=O) groups is 3. The molecule has 3 amide bonds. The zero-order valence-electron chi connectivity index (χ0n) is 16.5. The minimum absolute atomic E-state index is 0.0633. The lowest BCUT2D eigenvalue weighted by molar-refractivity contribution is -0.148. The maximum atomic E-state index is 12.8. The Hall–Kier alpha value is -2.71. The summed E-state index contributed by atoms with van der Waals surface area (Å²) in [6, 6.07) is 5.12. The van der Waals surface area contributed by atoms with Gasteiger partial charge in [-0.1, -0.05) is 0 Å². The number of hydrazine groups is 1. The van der Waals surface area contributed by atoms with E-state index in [0.717, 1.165) is 19.3 Å². The highest BCUT2D eigenvalue weighted by Gasteiger charge is 2.54. The number of nitrogens with one attached hydrogen (secondary N) is 3. The lowest BCUT2D eigenvalue weighted by Gasteiger charge is -2.55. The van der Waals surface area contributed by atoms with Crippen LogP contribution in [0.2, 0.25) is 0 Å². The monoisotopic (exact) mass is 421 g/mol. The molecular weight excluding hydrogens is 396 g/mol. The van der Waals surface area contributed by atoms with Crippen LogP contribution in [-0.4, -0.2) is 30.9 Å². The average Bonchev–Trinajstić information content (AvgIpc) is 2.69. The summed E-state index contributed by atoms with van der Waals surface area (Å²) in [5.41, 5.74) is 4.77. The summed E-state index contributed by atoms with van der Waals surface area (Å²) < 4.78 is 28.5. The summed E-state index contributed by atoms with van der Waals surface area (Å²) in [5.74, 6) is 0.584. The number of hydrogen-bond acceptors (Lipinski definition) is 4. The summed E-state index contributed by atoms with van der Waals surface area (Å²) in [5, 5.41) is 2.43. The van der Waals surface area contributed by atoms with Crippen molar-refractivity contribution >= 4 is 17.7 Å². The summed E-state index contributed by atoms with van der Waals surface area (Å²) in [4.78, 5) is 36.9. The normalized spacial score (nSPS) is 28.8. The van der Waals surface area contributed by atoms with Crippen LogP contribution in [0.15, 0.2) is 24.3 Å². The van der Waals surface area contributed by atoms with Crippen LogP contribution in [0.1, 0.15) is 48.9 Å². The maximum Gasteiger partial charge on any atom is 0.387 e. The molecule has 0 spiro atoms. The van der Waals surface area contributed by atoms with Gasteiger partial charge in [0.1, 0.15) is 5.75 Å². The van der Waals surface area contributed by atoms with E-state index in [0.29, 0.717) is 17.8 Å². The fourth-order valence-corrected chi connectivity index (χ4v) is 5.74. The number of rotatable bonds is 6. The Morgan fingerprint density at radius 2 is 1.53 bits per heavy atom. The molecule has 5 rings (SSSR count). The number of ether oxygens (including phenoxy) is 1. The molecular formula is C21H25F2N3O4. The van der Waals surface area contributed by atoms with Crippen molar-refractivity contribution in [3.63, 3.8) is 0 Å². The van der Waals surface area contributed by atoms with E-state index in [9.17, 15) is 23.2 Å². The fraction of sp³-hybridized carbons (Fsp3) is 0.571. The lowest BCUT2D eigenvalue weighted by Crippen LogP contribution is -2.57. The number of amides is 3. The Bertz CT molecular complexity index is 793. The molecule has 3 N–H and O–H groups in total. The molecule has 0 aromatic heterocycles. The molecule has 1 aromatic rings. The van der Waals surface area contributed by atoms with Gasteiger partial charge < -0.3 is 10.1 Å². The molecule has 0 atom stereocenters. The van der Waals surface area contributed by atoms with E-state index in [1.165, 1.54) is 43.5 Å². The Labute approximate surface area is 172 Å². The van der Waals surface area contributed by atoms with Gasteiger partial charge in [-0.15, -0.1) is 0 Å². The molecule has 4 saturated carbocycles. The Kier molecular flexibility index (Phi) is 5.62. The second kappa shape index (κ2) is 8.20. The van der Waals surface area contributed by atoms with Gasteiger partial charge in [0.2, 0.25) is 5.91 Å². The minimum Gasteiger partial charge on any atom is -0.435 e. The van der Waals surface area contributed by atoms with Crippen LogP contribution in [0.25, 0.3) is 0 Å². The first-order valence-corrected chi connectivity index (χ1v) is 10.3. The molecule has 30 heavy (non-hydrogen) atoms. The first-order chi connectivity index (χ1) is 14.3. The minimum atomic E-state index is -2.94. The van der Waals surface area contributed by atoms with Gasteiger partial charge in [-0.3, -0.25) is 25.2 Å². The highest BCUT2D eigenvalue weighted by atomic mass is 19.3. The van der Waals surface area contributed by atoms with Gasteiger partial charge in [0.25, 0.3) is 11.8 Å². The van der Waals surface area contributed by atoms with Crippen LogP contribution in [0, 0.1) is 23.2 Å². The Balaban J connectivity index is 1.22. The molecule has 0 saturated heterocycles. The lowest BCUT2D eigenvalue weighted by atomic mass is 9.49. The van der Waals surface area contributed by atoms with Crippen LogP contribution in [0.4, 0.5) is 8.78 Å². The van der Waals surface area contributed by atoms with E-state index < -0.39 is 18.4 Å². The van der Waals surface area contributed by atoms with Crippen molar-refractivity contribution in [1.29, 1.82) is 0 Å². The standard InChI is InChI=1S/C21H25F2N3O4/c22-20(23)30-16-3-1-15(2-4-16)18(28)24-11-17(27)25-26-19(29)21-8-12-5-13(9-21)7-14(6-12)10-21/h1-4,12-14,20H,5-11H2,(H,24,28)(H,25,27)(H,26,29). The summed E-state index contributed by atoms with van der Waals surface area (Å²) in [7, 11) is 0. The second-order valence-corrected chi connectivity index (χ2v) is 8.79. The van der Waals surface area contributed by atoms with Crippen LogP contribution < -0.4 is 20.9 Å². The van der Waals surface area contributed by atoms with Gasteiger partial charge >= 0.3 is 6.61 Å². The van der Waals surface area contributed by atoms with E-state index in [-0.39, 0.29) is 29.2 Å². The van der Waals surface area contributed by atoms with Gasteiger partial charge in [0, 0.05) is 5.56 Å². The molecule has 0 unspecified atom stereocenters. The van der Waals surface area contributed by atoms with Gasteiger partial charge in [-0.05, 0) is 80.5 Å². The molecule has 4 aliphatic rings. The Morgan fingerprint density at radius 1 is 0.967 bits per heavy atom. The quantitative estimate of drug-likeness (QED) is 0.615. The van der Waals surface area contributed by atoms with Crippen molar-refractivity contribution in [2.24, 2.45) is 23.2 Å². The first-order valence-electron chi connectivity index (χ1n) is 10.3. The van der Waals surface area contributed by atoms with Crippen LogP contribution in [-0.2, 0) is 9.59 Å². The summed E-state index contributed by atoms with van der Waals surface area (Å²) in [6.07, 6.45) is 6.34. The Morgan fingerprint density at radius 3 is 2.07 bits per heavy atom. The van der Waals surface area contributed by atoms with Gasteiger partial charge in [-0.25, -0.2) is 0 Å². The van der Waals surface area contributed by atoms with Gasteiger partial charge in [0.05, 0.1) is 12.0 Å². The molecule has 162 valence electrons. The maximum absolute atomic E-state index is 12.8. The third kappa shape index (κ3) is 4.39. The molecule has 0 heterocycles. The van der Waals surface area contributed by atoms with Crippen molar-refractivity contribution in [1.82, 2.24) is 16.2 Å². The third-order valence-corrected chi connectivity index (χ3v) is 6.59. The van der Waals surface area contributed by atoms with Crippen LogP contribution in [0.5, 0.6) is 5.75 Å². The van der Waals surface area contributed by atoms with Crippen molar-refractivity contribution < 1.29 is 27.9 Å². The number of benzene rings is 1. The summed E-state index contributed by atoms with van der Waals surface area (Å²) in [6.45, 7) is -3.27. The van der Waals surface area contributed by atoms with Crippen molar-refractivity contribution in [3.8, 4) is 5.75 Å². The predicted molar refractivity (Wildman–Crippen MR) is 102 cm³/mol. The predicted octanol–water partition coefficient (Wildman–Crippen LogP) is 2.38. The number of halogens is 2. The van der Waals surface area contributed by atoms with Crippen LogP contribution >= 0.6 is 0 Å². The van der Waals surface area contributed by atoms with E-state index in [1.807, 2.05) is 0 Å². The van der Waals surface area contributed by atoms with Crippen molar-refractivity contribution in [2.75, 3.05) is 6.54 Å². The van der Waals surface area contributed by atoms with Crippen LogP contribution in [0.3, 0.4) is 0 Å². The average molecular weight is 421 g/mol. The number of alkyl halides is 2. The molecule has 4 aliphatic carbocycles. The first kappa shape index (κ1) is 20.6. The van der Waals surface area contributed by atoms with E-state index in [2.05, 4.69) is 20.9 Å². The summed E-state index contributed by atoms with van der Waals surface area (Å²) >= 11 is 0.